The van der Waals surface area contributed by atoms with Gasteiger partial charge >= 0.3 is 0 Å². The number of fused-ring (bicyclic) bond motifs is 1. The standard InChI is InChI=1S/C23H22ClN3O3/c1-14-5-6-16-12-17(21(24)25-19(16)11-14)13-20(23(29)27(2)3)26-22(28)15-7-9-18(30-4)10-8-15/h5-13H,1-4H3,(H,26,28). The van der Waals surface area contributed by atoms with Gasteiger partial charge in [0.25, 0.3) is 11.8 Å². The van der Waals surface area contributed by atoms with Gasteiger partial charge < -0.3 is 15.0 Å². The van der Waals surface area contributed by atoms with Crippen LogP contribution in [0.25, 0.3) is 17.0 Å². The van der Waals surface area contributed by atoms with Gasteiger partial charge in [-0.2, -0.15) is 0 Å². The first kappa shape index (κ1) is 21.3. The summed E-state index contributed by atoms with van der Waals surface area (Å²) in [5, 5.41) is 3.82. The zero-order valence-corrected chi connectivity index (χ0v) is 17.9. The molecule has 3 rings (SSSR count). The highest BCUT2D eigenvalue weighted by Gasteiger charge is 2.17. The quantitative estimate of drug-likeness (QED) is 0.496. The van der Waals surface area contributed by atoms with Crippen LogP contribution in [0.3, 0.4) is 0 Å². The number of amides is 2. The van der Waals surface area contributed by atoms with Gasteiger partial charge in [0.05, 0.1) is 12.6 Å². The van der Waals surface area contributed by atoms with Crippen molar-refractivity contribution in [2.45, 2.75) is 6.92 Å². The lowest BCUT2D eigenvalue weighted by molar-refractivity contribution is -0.124. The first-order chi connectivity index (χ1) is 14.3. The first-order valence-corrected chi connectivity index (χ1v) is 9.62. The van der Waals surface area contributed by atoms with Crippen LogP contribution in [0.1, 0.15) is 21.5 Å². The van der Waals surface area contributed by atoms with Gasteiger partial charge in [-0.3, -0.25) is 9.59 Å². The average Bonchev–Trinajstić information content (AvgIpc) is 2.73. The lowest BCUT2D eigenvalue weighted by atomic mass is 10.1. The fraction of sp³-hybridized carbons (Fsp3) is 0.174. The van der Waals surface area contributed by atoms with Crippen LogP contribution in [0.4, 0.5) is 0 Å². The maximum atomic E-state index is 12.7. The number of aryl methyl sites for hydroxylation is 1. The van der Waals surface area contributed by atoms with E-state index in [0.29, 0.717) is 16.9 Å². The van der Waals surface area contributed by atoms with E-state index in [1.54, 1.807) is 51.5 Å². The van der Waals surface area contributed by atoms with Crippen LogP contribution in [-0.4, -0.2) is 42.9 Å². The number of aromatic nitrogens is 1. The van der Waals surface area contributed by atoms with Crippen LogP contribution < -0.4 is 10.1 Å². The van der Waals surface area contributed by atoms with Crippen molar-refractivity contribution < 1.29 is 14.3 Å². The number of benzene rings is 2. The van der Waals surface area contributed by atoms with Gasteiger partial charge in [-0.1, -0.05) is 23.7 Å². The summed E-state index contributed by atoms with van der Waals surface area (Å²) in [4.78, 5) is 31.2. The highest BCUT2D eigenvalue weighted by molar-refractivity contribution is 6.31. The Morgan fingerprint density at radius 3 is 2.43 bits per heavy atom. The molecule has 0 aliphatic rings. The largest absolute Gasteiger partial charge is 0.497 e. The van der Waals surface area contributed by atoms with E-state index in [2.05, 4.69) is 10.3 Å². The molecule has 0 radical (unpaired) electrons. The van der Waals surface area contributed by atoms with Crippen LogP contribution in [0.15, 0.2) is 54.2 Å². The number of halogens is 1. The number of ether oxygens (including phenoxy) is 1. The third-order valence-corrected chi connectivity index (χ3v) is 4.79. The fourth-order valence-corrected chi connectivity index (χ4v) is 3.06. The Hall–Kier alpha value is -3.38. The average molecular weight is 424 g/mol. The first-order valence-electron chi connectivity index (χ1n) is 9.24. The predicted octanol–water partition coefficient (Wildman–Crippen LogP) is 4.06. The number of methoxy groups -OCH3 is 1. The summed E-state index contributed by atoms with van der Waals surface area (Å²) in [5.74, 6) is -0.146. The van der Waals surface area contributed by atoms with E-state index in [1.165, 1.54) is 4.90 Å². The summed E-state index contributed by atoms with van der Waals surface area (Å²) in [6, 6.07) is 14.3. The molecule has 6 nitrogen and oxygen atoms in total. The lowest BCUT2D eigenvalue weighted by Crippen LogP contribution is -2.34. The molecule has 0 saturated heterocycles. The number of carbonyl (C=O) groups excluding carboxylic acids is 2. The monoisotopic (exact) mass is 423 g/mol. The van der Waals surface area contributed by atoms with Crippen LogP contribution in [0.5, 0.6) is 5.75 Å². The molecular formula is C23H22ClN3O3. The lowest BCUT2D eigenvalue weighted by Gasteiger charge is -2.15. The van der Waals surface area contributed by atoms with E-state index in [4.69, 9.17) is 16.3 Å². The molecule has 1 heterocycles. The number of likely N-dealkylation sites (N-methyl/N-ethyl adjacent to an activating group) is 1. The predicted molar refractivity (Wildman–Crippen MR) is 119 cm³/mol. The summed E-state index contributed by atoms with van der Waals surface area (Å²) in [6.45, 7) is 1.98. The molecule has 2 amide bonds. The molecule has 0 spiro atoms. The van der Waals surface area contributed by atoms with Gasteiger partial charge in [-0.05, 0) is 55.0 Å². The Kier molecular flexibility index (Phi) is 6.37. The molecule has 0 aliphatic heterocycles. The van der Waals surface area contributed by atoms with Crippen molar-refractivity contribution in [3.63, 3.8) is 0 Å². The van der Waals surface area contributed by atoms with Crippen molar-refractivity contribution in [1.29, 1.82) is 0 Å². The molecular weight excluding hydrogens is 402 g/mol. The Balaban J connectivity index is 1.98. The van der Waals surface area contributed by atoms with E-state index >= 15 is 0 Å². The number of hydrogen-bond acceptors (Lipinski definition) is 4. The van der Waals surface area contributed by atoms with E-state index in [1.807, 2.05) is 31.2 Å². The third kappa shape index (κ3) is 4.78. The second-order valence-electron chi connectivity index (χ2n) is 7.00. The zero-order valence-electron chi connectivity index (χ0n) is 17.2. The zero-order chi connectivity index (χ0) is 21.8. The summed E-state index contributed by atoms with van der Waals surface area (Å²) in [7, 11) is 4.77. The maximum absolute atomic E-state index is 12.7. The Morgan fingerprint density at radius 2 is 1.80 bits per heavy atom. The molecule has 0 fully saturated rings. The summed E-state index contributed by atoms with van der Waals surface area (Å²) >= 11 is 6.36. The van der Waals surface area contributed by atoms with Crippen LogP contribution in [0, 0.1) is 6.92 Å². The van der Waals surface area contributed by atoms with Gasteiger partial charge in [0.1, 0.15) is 16.6 Å². The number of rotatable bonds is 5. The van der Waals surface area contributed by atoms with Crippen molar-refractivity contribution in [3.8, 4) is 5.75 Å². The highest BCUT2D eigenvalue weighted by atomic mass is 35.5. The normalized spacial score (nSPS) is 11.3. The van der Waals surface area contributed by atoms with E-state index < -0.39 is 5.91 Å². The Morgan fingerprint density at radius 1 is 1.10 bits per heavy atom. The van der Waals surface area contributed by atoms with Crippen molar-refractivity contribution in [1.82, 2.24) is 15.2 Å². The van der Waals surface area contributed by atoms with Crippen molar-refractivity contribution in [2.75, 3.05) is 21.2 Å². The van der Waals surface area contributed by atoms with E-state index in [9.17, 15) is 9.59 Å². The summed E-state index contributed by atoms with van der Waals surface area (Å²) in [5.41, 5.74) is 2.86. The Bertz CT molecular complexity index is 1140. The minimum atomic E-state index is -0.417. The molecule has 30 heavy (non-hydrogen) atoms. The molecule has 0 atom stereocenters. The van der Waals surface area contributed by atoms with Crippen LogP contribution in [0.2, 0.25) is 5.15 Å². The number of pyridine rings is 1. The van der Waals surface area contributed by atoms with E-state index in [-0.39, 0.29) is 16.8 Å². The number of nitrogens with one attached hydrogen (secondary N) is 1. The molecule has 0 saturated carbocycles. The van der Waals surface area contributed by atoms with Crippen LogP contribution >= 0.6 is 11.6 Å². The minimum absolute atomic E-state index is 0.0935. The summed E-state index contributed by atoms with van der Waals surface area (Å²) < 4.78 is 5.11. The van der Waals surface area contributed by atoms with Gasteiger partial charge in [-0.15, -0.1) is 0 Å². The molecule has 3 aromatic rings. The molecule has 1 aromatic heterocycles. The molecule has 2 aromatic carbocycles. The Labute approximate surface area is 180 Å². The van der Waals surface area contributed by atoms with Crippen LogP contribution in [-0.2, 0) is 4.79 Å². The van der Waals surface area contributed by atoms with E-state index in [0.717, 1.165) is 16.5 Å². The fourth-order valence-electron chi connectivity index (χ4n) is 2.86. The molecule has 154 valence electrons. The molecule has 1 N–H and O–H groups in total. The van der Waals surface area contributed by atoms with Crippen molar-refractivity contribution in [2.24, 2.45) is 0 Å². The smallest absolute Gasteiger partial charge is 0.269 e. The highest BCUT2D eigenvalue weighted by Crippen LogP contribution is 2.24. The minimum Gasteiger partial charge on any atom is -0.497 e. The summed E-state index contributed by atoms with van der Waals surface area (Å²) in [6.07, 6.45) is 1.54. The molecule has 0 unspecified atom stereocenters. The maximum Gasteiger partial charge on any atom is 0.269 e. The molecule has 0 bridgehead atoms. The topological polar surface area (TPSA) is 71.5 Å². The number of nitrogens with zero attached hydrogens (tertiary/aromatic N) is 2. The third-order valence-electron chi connectivity index (χ3n) is 4.49. The van der Waals surface area contributed by atoms with Crippen molar-refractivity contribution >= 4 is 40.4 Å². The van der Waals surface area contributed by atoms with Gasteiger partial charge in [0.2, 0.25) is 0 Å². The number of carbonyl (C=O) groups is 2. The van der Waals surface area contributed by atoms with Gasteiger partial charge in [-0.25, -0.2) is 4.98 Å². The second kappa shape index (κ2) is 8.97. The number of hydrogen-bond donors (Lipinski definition) is 1. The molecule has 0 aliphatic carbocycles. The second-order valence-corrected chi connectivity index (χ2v) is 7.36. The molecule has 7 heteroatoms. The SMILES string of the molecule is COc1ccc(C(=O)NC(=Cc2cc3ccc(C)cc3nc2Cl)C(=O)N(C)C)cc1. The van der Waals surface area contributed by atoms with Gasteiger partial charge in [0.15, 0.2) is 0 Å². The van der Waals surface area contributed by atoms with Gasteiger partial charge in [0, 0.05) is 30.6 Å². The van der Waals surface area contributed by atoms with Crippen molar-refractivity contribution in [3.05, 3.63) is 76.1 Å².